The number of hydrogen-bond acceptors (Lipinski definition) is 5. The highest BCUT2D eigenvalue weighted by Gasteiger charge is 2.42. The van der Waals surface area contributed by atoms with E-state index in [1.54, 1.807) is 13.1 Å². The Morgan fingerprint density at radius 2 is 2.12 bits per heavy atom. The number of nitrogen functional groups attached to an aromatic ring is 1. The second-order valence-corrected chi connectivity index (χ2v) is 9.29. The van der Waals surface area contributed by atoms with Crippen LogP contribution in [0.25, 0.3) is 10.9 Å². The number of nitrogens with one attached hydrogen (secondary N) is 1. The maximum atomic E-state index is 15.5. The highest BCUT2D eigenvalue weighted by Crippen LogP contribution is 2.48. The third-order valence-electron chi connectivity index (χ3n) is 7.03. The molecule has 0 amide bonds. The van der Waals surface area contributed by atoms with Crippen LogP contribution in [0.1, 0.15) is 50.3 Å². The Balaban J connectivity index is 1.59. The molecule has 0 radical (unpaired) electrons. The minimum absolute atomic E-state index is 0.0452. The van der Waals surface area contributed by atoms with Gasteiger partial charge in [0.2, 0.25) is 0 Å². The van der Waals surface area contributed by atoms with E-state index < -0.39 is 5.82 Å². The van der Waals surface area contributed by atoms with Gasteiger partial charge in [-0.3, -0.25) is 9.78 Å². The fraction of sp³-hybridized carbons (Fsp3) is 0.440. The van der Waals surface area contributed by atoms with Gasteiger partial charge in [0.05, 0.1) is 22.1 Å². The van der Waals surface area contributed by atoms with Gasteiger partial charge in [-0.2, -0.15) is 0 Å². The van der Waals surface area contributed by atoms with Gasteiger partial charge in [-0.05, 0) is 51.7 Å². The van der Waals surface area contributed by atoms with Crippen molar-refractivity contribution in [2.75, 3.05) is 17.7 Å². The first-order valence-electron chi connectivity index (χ1n) is 11.4. The highest BCUT2D eigenvalue weighted by molar-refractivity contribution is 6.00. The number of rotatable bonds is 5. The molecule has 0 saturated heterocycles. The molecule has 3 aromatic rings. The van der Waals surface area contributed by atoms with Crippen molar-refractivity contribution in [3.05, 3.63) is 57.9 Å². The average Bonchev–Trinajstić information content (AvgIpc) is 3.27. The van der Waals surface area contributed by atoms with E-state index in [9.17, 15) is 4.79 Å². The molecule has 1 atom stereocenters. The second kappa shape index (κ2) is 7.80. The number of benzene rings is 1. The van der Waals surface area contributed by atoms with E-state index in [-0.39, 0.29) is 33.8 Å². The minimum atomic E-state index is -0.617. The SMILES string of the molecule is Cc1cn2c3c(c(NC(C)CCc4ccccn4)c(F)c(N)c3c1=O)OCC21CCCC1. The molecule has 1 saturated carbocycles. The van der Waals surface area contributed by atoms with Gasteiger partial charge in [-0.1, -0.05) is 18.9 Å². The van der Waals surface area contributed by atoms with Crippen molar-refractivity contribution in [1.29, 1.82) is 0 Å². The molecule has 7 heteroatoms. The molecule has 1 aromatic carbocycles. The van der Waals surface area contributed by atoms with Gasteiger partial charge >= 0.3 is 0 Å². The number of anilines is 2. The Bertz CT molecular complexity index is 1230. The summed E-state index contributed by atoms with van der Waals surface area (Å²) in [6.07, 6.45) is 9.38. The molecule has 1 aliphatic carbocycles. The summed E-state index contributed by atoms with van der Waals surface area (Å²) in [7, 11) is 0. The third kappa shape index (κ3) is 3.22. The van der Waals surface area contributed by atoms with E-state index in [0.29, 0.717) is 23.4 Å². The first kappa shape index (κ1) is 20.8. The molecule has 3 N–H and O–H groups in total. The molecular formula is C25H29FN4O2. The number of nitrogens with two attached hydrogens (primary N) is 1. The number of ether oxygens (including phenoxy) is 1. The normalized spacial score (nSPS) is 17.5. The van der Waals surface area contributed by atoms with Crippen LogP contribution in [0.2, 0.25) is 0 Å². The molecule has 168 valence electrons. The van der Waals surface area contributed by atoms with Crippen molar-refractivity contribution in [3.8, 4) is 5.75 Å². The van der Waals surface area contributed by atoms with E-state index in [1.807, 2.05) is 31.3 Å². The van der Waals surface area contributed by atoms with Gasteiger partial charge in [0, 0.05) is 29.7 Å². The minimum Gasteiger partial charge on any atom is -0.487 e. The molecule has 0 bridgehead atoms. The fourth-order valence-electron chi connectivity index (χ4n) is 5.24. The molecule has 1 aliphatic heterocycles. The number of nitrogens with zero attached hydrogens (tertiary/aromatic N) is 2. The first-order chi connectivity index (χ1) is 15.4. The Labute approximate surface area is 186 Å². The Morgan fingerprint density at radius 3 is 2.84 bits per heavy atom. The molecular weight excluding hydrogens is 407 g/mol. The number of hydrogen-bond donors (Lipinski definition) is 2. The Hall–Kier alpha value is -3.09. The summed E-state index contributed by atoms with van der Waals surface area (Å²) in [6, 6.07) is 5.79. The lowest BCUT2D eigenvalue weighted by atomic mass is 9.93. The van der Waals surface area contributed by atoms with Crippen molar-refractivity contribution in [2.45, 2.75) is 64.0 Å². The van der Waals surface area contributed by atoms with E-state index in [1.165, 1.54) is 0 Å². The Kier molecular flexibility index (Phi) is 5.07. The predicted octanol–water partition coefficient (Wildman–Crippen LogP) is 4.52. The molecule has 2 aromatic heterocycles. The molecule has 1 spiro atoms. The molecule has 6 nitrogen and oxygen atoms in total. The molecule has 3 heterocycles. The van der Waals surface area contributed by atoms with E-state index in [4.69, 9.17) is 10.5 Å². The van der Waals surface area contributed by atoms with Crippen molar-refractivity contribution in [1.82, 2.24) is 9.55 Å². The first-order valence-corrected chi connectivity index (χ1v) is 11.4. The van der Waals surface area contributed by atoms with Crippen LogP contribution < -0.4 is 21.2 Å². The summed E-state index contributed by atoms with van der Waals surface area (Å²) in [5.41, 5.74) is 8.13. The third-order valence-corrected chi connectivity index (χ3v) is 7.03. The van der Waals surface area contributed by atoms with Crippen LogP contribution in [0.3, 0.4) is 0 Å². The number of aromatic nitrogens is 2. The van der Waals surface area contributed by atoms with Crippen molar-refractivity contribution < 1.29 is 9.13 Å². The van der Waals surface area contributed by atoms with E-state index >= 15 is 4.39 Å². The van der Waals surface area contributed by atoms with E-state index in [2.05, 4.69) is 14.9 Å². The largest absolute Gasteiger partial charge is 0.487 e. The number of aryl methyl sites for hydroxylation is 2. The van der Waals surface area contributed by atoms with Crippen LogP contribution in [0.15, 0.2) is 35.4 Å². The summed E-state index contributed by atoms with van der Waals surface area (Å²) in [6.45, 7) is 4.24. The van der Waals surface area contributed by atoms with Crippen molar-refractivity contribution >= 4 is 22.3 Å². The summed E-state index contributed by atoms with van der Waals surface area (Å²) < 4.78 is 23.9. The zero-order valence-corrected chi connectivity index (χ0v) is 18.6. The van der Waals surface area contributed by atoms with Gasteiger partial charge in [0.1, 0.15) is 12.3 Å². The van der Waals surface area contributed by atoms with Crippen LogP contribution in [-0.2, 0) is 12.0 Å². The summed E-state index contributed by atoms with van der Waals surface area (Å²) in [4.78, 5) is 17.4. The smallest absolute Gasteiger partial charge is 0.194 e. The molecule has 1 fully saturated rings. The summed E-state index contributed by atoms with van der Waals surface area (Å²) in [5, 5.41) is 3.52. The standard InChI is InChI=1S/C25H29FN4O2/c1-15-13-30-22-18(23(15)31)20(27)19(26)21(24(22)32-14-25(30)10-4-5-11-25)29-16(2)8-9-17-7-3-6-12-28-17/h3,6-7,12-13,16,29H,4-5,8-11,14,27H2,1-2H3. The quantitative estimate of drug-likeness (QED) is 0.575. The lowest BCUT2D eigenvalue weighted by Gasteiger charge is -2.39. The number of pyridine rings is 2. The zero-order chi connectivity index (χ0) is 22.5. The predicted molar refractivity (Wildman–Crippen MR) is 125 cm³/mol. The van der Waals surface area contributed by atoms with Gasteiger partial charge < -0.3 is 20.4 Å². The maximum Gasteiger partial charge on any atom is 0.194 e. The van der Waals surface area contributed by atoms with Crippen LogP contribution >= 0.6 is 0 Å². The molecule has 1 unspecified atom stereocenters. The molecule has 2 aliphatic rings. The lowest BCUT2D eigenvalue weighted by Crippen LogP contribution is -2.41. The molecule has 32 heavy (non-hydrogen) atoms. The van der Waals surface area contributed by atoms with Crippen LogP contribution in [0.5, 0.6) is 5.75 Å². The van der Waals surface area contributed by atoms with Crippen LogP contribution in [-0.4, -0.2) is 22.2 Å². The zero-order valence-electron chi connectivity index (χ0n) is 18.6. The van der Waals surface area contributed by atoms with Gasteiger partial charge in [0.25, 0.3) is 0 Å². The van der Waals surface area contributed by atoms with Crippen molar-refractivity contribution in [3.63, 3.8) is 0 Å². The highest BCUT2D eigenvalue weighted by atomic mass is 19.1. The Morgan fingerprint density at radius 1 is 1.34 bits per heavy atom. The van der Waals surface area contributed by atoms with Gasteiger partial charge in [-0.25, -0.2) is 4.39 Å². The van der Waals surface area contributed by atoms with Gasteiger partial charge in [0.15, 0.2) is 17.0 Å². The summed E-state index contributed by atoms with van der Waals surface area (Å²) >= 11 is 0. The maximum absolute atomic E-state index is 15.5. The molecule has 5 rings (SSSR count). The lowest BCUT2D eigenvalue weighted by molar-refractivity contribution is 0.143. The summed E-state index contributed by atoms with van der Waals surface area (Å²) in [5.74, 6) is -0.222. The average molecular weight is 437 g/mol. The number of halogens is 1. The van der Waals surface area contributed by atoms with E-state index in [0.717, 1.165) is 44.2 Å². The monoisotopic (exact) mass is 436 g/mol. The topological polar surface area (TPSA) is 82.2 Å². The second-order valence-electron chi connectivity index (χ2n) is 9.29. The number of fused-ring (bicyclic) bond motifs is 1. The van der Waals surface area contributed by atoms with Gasteiger partial charge in [-0.15, -0.1) is 0 Å². The van der Waals surface area contributed by atoms with Crippen LogP contribution in [0.4, 0.5) is 15.8 Å². The fourth-order valence-corrected chi connectivity index (χ4v) is 5.24. The van der Waals surface area contributed by atoms with Crippen LogP contribution in [0, 0.1) is 12.7 Å². The van der Waals surface area contributed by atoms with Crippen molar-refractivity contribution in [2.24, 2.45) is 0 Å².